The van der Waals surface area contributed by atoms with Crippen molar-refractivity contribution in [1.82, 2.24) is 9.78 Å². The molecule has 0 bridgehead atoms. The Balaban J connectivity index is 2.12. The normalized spacial score (nSPS) is 21.7. The summed E-state index contributed by atoms with van der Waals surface area (Å²) < 4.78 is 2.06. The van der Waals surface area contributed by atoms with Crippen molar-refractivity contribution >= 4 is 17.4 Å². The minimum Gasteiger partial charge on any atom is -0.396 e. The Morgan fingerprint density at radius 2 is 2.36 bits per heavy atom. The second kappa shape index (κ2) is 3.85. The van der Waals surface area contributed by atoms with Gasteiger partial charge in [0.1, 0.15) is 0 Å². The van der Waals surface area contributed by atoms with Gasteiger partial charge in [-0.1, -0.05) is 0 Å². The van der Waals surface area contributed by atoms with Gasteiger partial charge in [-0.3, -0.25) is 4.68 Å². The van der Waals surface area contributed by atoms with Crippen LogP contribution in [0.3, 0.4) is 0 Å². The van der Waals surface area contributed by atoms with Gasteiger partial charge in [-0.2, -0.15) is 16.9 Å². The molecular formula is C10H17N3S. The first-order chi connectivity index (χ1) is 6.68. The van der Waals surface area contributed by atoms with E-state index in [2.05, 4.69) is 28.5 Å². The highest BCUT2D eigenvalue weighted by atomic mass is 32.2. The summed E-state index contributed by atoms with van der Waals surface area (Å²) in [5.74, 6) is 1.31. The zero-order chi connectivity index (χ0) is 10.1. The number of anilines is 1. The van der Waals surface area contributed by atoms with E-state index in [1.165, 1.54) is 18.6 Å². The number of aromatic nitrogens is 2. The van der Waals surface area contributed by atoms with Crippen LogP contribution in [-0.4, -0.2) is 20.8 Å². The molecule has 0 spiro atoms. The maximum atomic E-state index is 5.89. The summed E-state index contributed by atoms with van der Waals surface area (Å²) in [6, 6.07) is 0. The van der Waals surface area contributed by atoms with Crippen LogP contribution in [0.25, 0.3) is 0 Å². The molecule has 4 heteroatoms. The van der Waals surface area contributed by atoms with Crippen LogP contribution < -0.4 is 5.73 Å². The summed E-state index contributed by atoms with van der Waals surface area (Å²) in [6.45, 7) is 5.05. The van der Waals surface area contributed by atoms with E-state index in [0.717, 1.165) is 28.9 Å². The smallest absolute Gasteiger partial charge is 0.0825 e. The topological polar surface area (TPSA) is 43.8 Å². The van der Waals surface area contributed by atoms with Gasteiger partial charge in [0.05, 0.1) is 23.6 Å². The molecule has 14 heavy (non-hydrogen) atoms. The van der Waals surface area contributed by atoms with Crippen molar-refractivity contribution in [2.45, 2.75) is 38.5 Å². The van der Waals surface area contributed by atoms with Crippen molar-refractivity contribution in [3.63, 3.8) is 0 Å². The number of aryl methyl sites for hydroxylation is 1. The first-order valence-electron chi connectivity index (χ1n) is 5.09. The molecule has 0 radical (unpaired) electrons. The molecule has 1 saturated heterocycles. The second-order valence-corrected chi connectivity index (χ2v) is 5.31. The second-order valence-electron chi connectivity index (χ2n) is 3.90. The lowest BCUT2D eigenvalue weighted by molar-refractivity contribution is 0.564. The van der Waals surface area contributed by atoms with E-state index >= 15 is 0 Å². The minimum absolute atomic E-state index is 0.743. The van der Waals surface area contributed by atoms with Crippen LogP contribution in [-0.2, 0) is 6.54 Å². The highest BCUT2D eigenvalue weighted by Crippen LogP contribution is 2.28. The van der Waals surface area contributed by atoms with E-state index in [1.54, 1.807) is 0 Å². The Bertz CT molecular complexity index is 326. The predicted octanol–water partition coefficient (Wildman–Crippen LogP) is 1.98. The van der Waals surface area contributed by atoms with Crippen LogP contribution in [0.1, 0.15) is 24.2 Å². The van der Waals surface area contributed by atoms with Gasteiger partial charge < -0.3 is 5.73 Å². The number of thioether (sulfide) groups is 1. The molecule has 2 heterocycles. The molecule has 1 aliphatic rings. The van der Waals surface area contributed by atoms with Crippen LogP contribution in [0.5, 0.6) is 0 Å². The molecule has 78 valence electrons. The Morgan fingerprint density at radius 1 is 1.57 bits per heavy atom. The van der Waals surface area contributed by atoms with Crippen molar-refractivity contribution < 1.29 is 0 Å². The fourth-order valence-corrected chi connectivity index (χ4v) is 3.12. The molecule has 2 rings (SSSR count). The summed E-state index contributed by atoms with van der Waals surface area (Å²) in [5, 5.41) is 5.19. The summed E-state index contributed by atoms with van der Waals surface area (Å²) in [6.07, 6.45) is 2.67. The Labute approximate surface area is 89.1 Å². The summed E-state index contributed by atoms with van der Waals surface area (Å²) in [4.78, 5) is 0. The van der Waals surface area contributed by atoms with E-state index < -0.39 is 0 Å². The maximum Gasteiger partial charge on any atom is 0.0825 e. The highest BCUT2D eigenvalue weighted by Gasteiger charge is 2.18. The number of nitrogens with zero attached hydrogens (tertiary/aromatic N) is 2. The third kappa shape index (κ3) is 1.75. The van der Waals surface area contributed by atoms with Gasteiger partial charge in [-0.05, 0) is 32.4 Å². The van der Waals surface area contributed by atoms with Crippen molar-refractivity contribution in [3.8, 4) is 0 Å². The average molecular weight is 211 g/mol. The van der Waals surface area contributed by atoms with Crippen LogP contribution in [0, 0.1) is 13.8 Å². The number of nitrogens with two attached hydrogens (primary N) is 1. The molecule has 1 atom stereocenters. The highest BCUT2D eigenvalue weighted by molar-refractivity contribution is 8.00. The lowest BCUT2D eigenvalue weighted by Gasteiger charge is -2.09. The Morgan fingerprint density at radius 3 is 2.86 bits per heavy atom. The Hall–Kier alpha value is -0.640. The molecular weight excluding hydrogens is 194 g/mol. The zero-order valence-corrected chi connectivity index (χ0v) is 9.60. The fourth-order valence-electron chi connectivity index (χ4n) is 1.87. The third-order valence-corrected chi connectivity index (χ3v) is 4.22. The van der Waals surface area contributed by atoms with Gasteiger partial charge in [-0.15, -0.1) is 0 Å². The van der Waals surface area contributed by atoms with E-state index in [9.17, 15) is 0 Å². The number of nitrogen functional groups attached to an aromatic ring is 1. The first-order valence-corrected chi connectivity index (χ1v) is 6.14. The van der Waals surface area contributed by atoms with Crippen LogP contribution in [0.15, 0.2) is 0 Å². The molecule has 1 aromatic rings. The van der Waals surface area contributed by atoms with E-state index in [4.69, 9.17) is 5.73 Å². The van der Waals surface area contributed by atoms with Gasteiger partial charge in [-0.25, -0.2) is 0 Å². The SMILES string of the molecule is Cc1nn(CC2CCCS2)c(C)c1N. The Kier molecular flexibility index (Phi) is 2.72. The average Bonchev–Trinajstić information content (AvgIpc) is 2.73. The van der Waals surface area contributed by atoms with Gasteiger partial charge in [0.15, 0.2) is 0 Å². The quantitative estimate of drug-likeness (QED) is 0.813. The number of rotatable bonds is 2. The molecule has 0 aromatic carbocycles. The molecule has 3 nitrogen and oxygen atoms in total. The van der Waals surface area contributed by atoms with Crippen molar-refractivity contribution in [3.05, 3.63) is 11.4 Å². The molecule has 1 aliphatic heterocycles. The monoisotopic (exact) mass is 211 g/mol. The van der Waals surface area contributed by atoms with Crippen LogP contribution in [0.2, 0.25) is 0 Å². The fraction of sp³-hybridized carbons (Fsp3) is 0.700. The lowest BCUT2D eigenvalue weighted by atomic mass is 10.2. The summed E-state index contributed by atoms with van der Waals surface area (Å²) in [5.41, 5.74) is 8.83. The van der Waals surface area contributed by atoms with Gasteiger partial charge in [0, 0.05) is 5.25 Å². The van der Waals surface area contributed by atoms with Gasteiger partial charge in [0.25, 0.3) is 0 Å². The van der Waals surface area contributed by atoms with E-state index in [1.807, 2.05) is 6.92 Å². The molecule has 1 fully saturated rings. The summed E-state index contributed by atoms with van der Waals surface area (Å²) >= 11 is 2.06. The lowest BCUT2D eigenvalue weighted by Crippen LogP contribution is -2.12. The standard InChI is InChI=1S/C10H17N3S/c1-7-10(11)8(2)13(12-7)6-9-4-3-5-14-9/h9H,3-6,11H2,1-2H3. The number of hydrogen-bond acceptors (Lipinski definition) is 3. The van der Waals surface area contributed by atoms with Crippen molar-refractivity contribution in [2.24, 2.45) is 0 Å². The van der Waals surface area contributed by atoms with Gasteiger partial charge in [0.2, 0.25) is 0 Å². The molecule has 0 saturated carbocycles. The van der Waals surface area contributed by atoms with Crippen molar-refractivity contribution in [1.29, 1.82) is 0 Å². The predicted molar refractivity (Wildman–Crippen MR) is 61.6 cm³/mol. The van der Waals surface area contributed by atoms with E-state index in [-0.39, 0.29) is 0 Å². The van der Waals surface area contributed by atoms with Gasteiger partial charge >= 0.3 is 0 Å². The van der Waals surface area contributed by atoms with Crippen LogP contribution in [0.4, 0.5) is 5.69 Å². The molecule has 0 aliphatic carbocycles. The molecule has 0 amide bonds. The minimum atomic E-state index is 0.743. The third-order valence-electron chi connectivity index (χ3n) is 2.84. The van der Waals surface area contributed by atoms with Crippen molar-refractivity contribution in [2.75, 3.05) is 11.5 Å². The zero-order valence-electron chi connectivity index (χ0n) is 8.79. The largest absolute Gasteiger partial charge is 0.396 e. The van der Waals surface area contributed by atoms with Crippen LogP contribution >= 0.6 is 11.8 Å². The maximum absolute atomic E-state index is 5.89. The molecule has 1 unspecified atom stereocenters. The summed E-state index contributed by atoms with van der Waals surface area (Å²) in [7, 11) is 0. The first kappa shape index (κ1) is 9.90. The van der Waals surface area contributed by atoms with E-state index in [0.29, 0.717) is 0 Å². The molecule has 2 N–H and O–H groups in total. The molecule has 1 aromatic heterocycles. The number of hydrogen-bond donors (Lipinski definition) is 1.